The Labute approximate surface area is 261 Å². The Morgan fingerprint density at radius 1 is 1.18 bits per heavy atom. The highest BCUT2D eigenvalue weighted by Crippen LogP contribution is 2.55. The van der Waals surface area contributed by atoms with Gasteiger partial charge in [-0.2, -0.15) is 4.98 Å². The third-order valence-corrected chi connectivity index (χ3v) is 8.61. The molecule has 1 aliphatic heterocycles. The van der Waals surface area contributed by atoms with Crippen molar-refractivity contribution in [2.24, 2.45) is 0 Å². The molecule has 3 aromatic rings. The highest BCUT2D eigenvalue weighted by atomic mass is 32.2. The van der Waals surface area contributed by atoms with Crippen molar-refractivity contribution in [2.45, 2.75) is 82.1 Å². The van der Waals surface area contributed by atoms with E-state index in [4.69, 9.17) is 14.0 Å². The first kappa shape index (κ1) is 34.0. The van der Waals surface area contributed by atoms with Crippen LogP contribution in [0.5, 0.6) is 0 Å². The SMILES string of the molecule is CC.COC1(c2nc(-c3cc4c(cc3F)S(=O)C[C@H](NC(=O)OC(C)(C)C)C(=O)N4Cc3ccc(F)cc3)no2)CCC1(F)F.[HH]. The lowest BCUT2D eigenvalue weighted by Crippen LogP contribution is -2.56. The van der Waals surface area contributed by atoms with E-state index in [-0.39, 0.29) is 30.5 Å². The Morgan fingerprint density at radius 3 is 2.40 bits per heavy atom. The number of hydrogen-bond acceptors (Lipinski definition) is 8. The number of amides is 2. The number of fused-ring (bicyclic) bond motifs is 1. The van der Waals surface area contributed by atoms with Gasteiger partial charge in [-0.1, -0.05) is 31.1 Å². The van der Waals surface area contributed by atoms with E-state index >= 15 is 4.39 Å². The lowest BCUT2D eigenvalue weighted by atomic mass is 9.75. The number of carbonyl (C=O) groups is 2. The number of anilines is 1. The molecule has 1 fully saturated rings. The minimum atomic E-state index is -3.29. The van der Waals surface area contributed by atoms with Crippen LogP contribution in [0.15, 0.2) is 45.8 Å². The first-order chi connectivity index (χ1) is 21.1. The number of carbonyl (C=O) groups excluding carboxylic acids is 2. The first-order valence-corrected chi connectivity index (χ1v) is 15.5. The second kappa shape index (κ2) is 12.9. The van der Waals surface area contributed by atoms with Crippen LogP contribution in [-0.4, -0.2) is 56.8 Å². The second-order valence-electron chi connectivity index (χ2n) is 11.2. The third-order valence-electron chi connectivity index (χ3n) is 7.15. The molecule has 2 aromatic carbocycles. The van der Waals surface area contributed by atoms with Crippen molar-refractivity contribution in [3.8, 4) is 11.4 Å². The number of halogens is 4. The van der Waals surface area contributed by atoms with Gasteiger partial charge in [-0.3, -0.25) is 9.00 Å². The Hall–Kier alpha value is -3.85. The van der Waals surface area contributed by atoms with Crippen LogP contribution in [0.25, 0.3) is 11.4 Å². The number of methoxy groups -OCH3 is 1. The Morgan fingerprint density at radius 2 is 1.84 bits per heavy atom. The van der Waals surface area contributed by atoms with Crippen molar-refractivity contribution in [3.63, 3.8) is 0 Å². The van der Waals surface area contributed by atoms with Gasteiger partial charge < -0.3 is 24.2 Å². The molecule has 10 nitrogen and oxygen atoms in total. The lowest BCUT2D eigenvalue weighted by Gasteiger charge is -2.44. The fourth-order valence-corrected chi connectivity index (χ4v) is 6.20. The Bertz CT molecular complexity index is 1600. The van der Waals surface area contributed by atoms with Gasteiger partial charge in [0.05, 0.1) is 39.2 Å². The van der Waals surface area contributed by atoms with E-state index in [2.05, 4.69) is 15.5 Å². The first-order valence-electron chi connectivity index (χ1n) is 14.2. The van der Waals surface area contributed by atoms with Crippen LogP contribution in [0, 0.1) is 11.6 Å². The summed E-state index contributed by atoms with van der Waals surface area (Å²) in [5, 5.41) is 6.13. The zero-order valence-corrected chi connectivity index (χ0v) is 26.4. The maximum Gasteiger partial charge on any atom is 0.408 e. The van der Waals surface area contributed by atoms with Gasteiger partial charge in [0.1, 0.15) is 23.3 Å². The molecule has 3 atom stereocenters. The van der Waals surface area contributed by atoms with Crippen LogP contribution in [0.3, 0.4) is 0 Å². The topological polar surface area (TPSA) is 124 Å². The van der Waals surface area contributed by atoms with Crippen LogP contribution in [-0.2, 0) is 37.2 Å². The number of benzene rings is 2. The Balaban J connectivity index is 0.00000188. The van der Waals surface area contributed by atoms with Gasteiger partial charge >= 0.3 is 6.09 Å². The molecule has 2 amide bonds. The zero-order valence-electron chi connectivity index (χ0n) is 25.6. The Kier molecular flexibility index (Phi) is 9.73. The number of nitrogens with zero attached hydrogens (tertiary/aromatic N) is 3. The number of rotatable bonds is 6. The third kappa shape index (κ3) is 6.73. The average molecular weight is 657 g/mol. The van der Waals surface area contributed by atoms with Gasteiger partial charge in [0.2, 0.25) is 11.4 Å². The van der Waals surface area contributed by atoms with E-state index in [0.29, 0.717) is 5.56 Å². The number of hydrogen-bond donors (Lipinski definition) is 1. The second-order valence-corrected chi connectivity index (χ2v) is 12.7. The zero-order chi connectivity index (χ0) is 33.3. The van der Waals surface area contributed by atoms with E-state index < -0.39 is 81.5 Å². The summed E-state index contributed by atoms with van der Waals surface area (Å²) in [5.74, 6) is -6.81. The van der Waals surface area contributed by atoms with Crippen molar-refractivity contribution in [1.82, 2.24) is 15.5 Å². The normalized spacial score (nSPS) is 22.4. The number of aromatic nitrogens is 2. The summed E-state index contributed by atoms with van der Waals surface area (Å²) in [7, 11) is -0.930. The fraction of sp³-hybridized carbons (Fsp3) is 0.467. The van der Waals surface area contributed by atoms with Crippen molar-refractivity contribution in [2.75, 3.05) is 17.8 Å². The molecule has 0 saturated heterocycles. The van der Waals surface area contributed by atoms with Crippen molar-refractivity contribution in [1.29, 1.82) is 0 Å². The number of nitrogens with one attached hydrogen (secondary N) is 1. The molecule has 5 rings (SSSR count). The summed E-state index contributed by atoms with van der Waals surface area (Å²) in [6, 6.07) is 5.99. The molecule has 2 unspecified atom stereocenters. The van der Waals surface area contributed by atoms with Crippen molar-refractivity contribution >= 4 is 28.5 Å². The smallest absolute Gasteiger partial charge is 0.408 e. The lowest BCUT2D eigenvalue weighted by molar-refractivity contribution is -0.280. The summed E-state index contributed by atoms with van der Waals surface area (Å²) < 4.78 is 86.8. The van der Waals surface area contributed by atoms with E-state index in [1.54, 1.807) is 20.8 Å². The van der Waals surface area contributed by atoms with Crippen LogP contribution in [0.2, 0.25) is 0 Å². The molecule has 246 valence electrons. The highest BCUT2D eigenvalue weighted by molar-refractivity contribution is 7.85. The summed E-state index contributed by atoms with van der Waals surface area (Å²) in [6.07, 6.45) is -1.49. The summed E-state index contributed by atoms with van der Waals surface area (Å²) in [4.78, 5) is 31.5. The summed E-state index contributed by atoms with van der Waals surface area (Å²) in [5.41, 5.74) is -2.92. The van der Waals surface area contributed by atoms with Crippen molar-refractivity contribution < 1.29 is 46.8 Å². The predicted molar refractivity (Wildman–Crippen MR) is 158 cm³/mol. The number of ether oxygens (including phenoxy) is 2. The largest absolute Gasteiger partial charge is 0.444 e. The van der Waals surface area contributed by atoms with E-state index in [1.165, 1.54) is 24.3 Å². The maximum absolute atomic E-state index is 15.5. The fourth-order valence-electron chi connectivity index (χ4n) is 4.86. The molecule has 0 radical (unpaired) electrons. The maximum atomic E-state index is 15.5. The van der Waals surface area contributed by atoms with E-state index in [0.717, 1.165) is 24.1 Å². The quantitative estimate of drug-likeness (QED) is 0.316. The molecule has 1 saturated carbocycles. The average Bonchev–Trinajstić information content (AvgIpc) is 3.43. The summed E-state index contributed by atoms with van der Waals surface area (Å²) in [6.45, 7) is 8.71. The standard InChI is InChI=1S/C28H28F4N4O6S.C2H6.H2/c1-26(2,3)41-25(38)33-19-14-43(39)21-12-18(30)17(22-34-24(42-35-22)27(40-4)9-10-28(27,31)32)11-20(21)36(23(19)37)13-15-5-7-16(29)8-6-15;1-2;/h5-8,11-12,19H,9-10,13-14H2,1-4H3,(H,33,38);1-2H3;1H/t19-,27?,43?;;/m0../s1. The molecule has 1 aliphatic carbocycles. The van der Waals surface area contributed by atoms with Gasteiger partial charge in [-0.25, -0.2) is 22.4 Å². The molecular weight excluding hydrogens is 620 g/mol. The molecule has 0 bridgehead atoms. The molecular formula is C30H36F4N4O6S. The highest BCUT2D eigenvalue weighted by Gasteiger charge is 2.67. The van der Waals surface area contributed by atoms with Gasteiger partial charge in [-0.15, -0.1) is 0 Å². The van der Waals surface area contributed by atoms with Crippen LogP contribution >= 0.6 is 0 Å². The van der Waals surface area contributed by atoms with Crippen LogP contribution in [0.1, 0.15) is 60.3 Å². The van der Waals surface area contributed by atoms with Gasteiger partial charge in [0, 0.05) is 15.0 Å². The van der Waals surface area contributed by atoms with Crippen molar-refractivity contribution in [3.05, 3.63) is 59.5 Å². The number of alkyl halides is 2. The van der Waals surface area contributed by atoms with E-state index in [9.17, 15) is 27.0 Å². The number of alkyl carbamates (subject to hydrolysis) is 1. The predicted octanol–water partition coefficient (Wildman–Crippen LogP) is 6.11. The van der Waals surface area contributed by atoms with Gasteiger partial charge in [-0.05, 0) is 57.0 Å². The van der Waals surface area contributed by atoms with Crippen LogP contribution in [0.4, 0.5) is 28.0 Å². The molecule has 1 aromatic heterocycles. The van der Waals surface area contributed by atoms with Gasteiger partial charge in [0.15, 0.2) is 0 Å². The monoisotopic (exact) mass is 656 g/mol. The minimum Gasteiger partial charge on any atom is -0.444 e. The molecule has 1 N–H and O–H groups in total. The molecule has 2 heterocycles. The molecule has 0 spiro atoms. The molecule has 15 heteroatoms. The summed E-state index contributed by atoms with van der Waals surface area (Å²) >= 11 is 0. The van der Waals surface area contributed by atoms with Crippen LogP contribution < -0.4 is 10.2 Å². The van der Waals surface area contributed by atoms with Gasteiger partial charge in [0.25, 0.3) is 17.7 Å². The minimum absolute atomic E-state index is 0. The van der Waals surface area contributed by atoms with E-state index in [1.807, 2.05) is 13.8 Å². The molecule has 2 aliphatic rings. The molecule has 45 heavy (non-hydrogen) atoms.